The summed E-state index contributed by atoms with van der Waals surface area (Å²) in [6.07, 6.45) is 0.462. The fourth-order valence-electron chi connectivity index (χ4n) is 0.538. The molecule has 0 saturated heterocycles. The first kappa shape index (κ1) is 14.7. The Hall–Kier alpha value is 1.17. The summed E-state index contributed by atoms with van der Waals surface area (Å²) in [5.41, 5.74) is 0. The van der Waals surface area contributed by atoms with Gasteiger partial charge in [0, 0.05) is 4.83 Å². The average Bonchev–Trinajstić information content (AvgIpc) is 1.82. The molecule has 0 bridgehead atoms. The van der Waals surface area contributed by atoms with E-state index in [1.54, 1.807) is 0 Å². The summed E-state index contributed by atoms with van der Waals surface area (Å²) in [7, 11) is 0. The number of halogens is 3. The van der Waals surface area contributed by atoms with Gasteiger partial charge in [-0.3, -0.25) is 0 Å². The second-order valence-corrected chi connectivity index (χ2v) is 5.03. The Morgan fingerprint density at radius 1 is 1.18 bits per heavy atom. The predicted molar refractivity (Wildman–Crippen MR) is 55.8 cm³/mol. The minimum absolute atomic E-state index is 0. The summed E-state index contributed by atoms with van der Waals surface area (Å²) < 4.78 is 0. The molecule has 0 aromatic rings. The maximum Gasteiger partial charge on any atom is 0.164 e. The maximum absolute atomic E-state index is 8.63. The van der Waals surface area contributed by atoms with Gasteiger partial charge < -0.3 is 10.2 Å². The molecule has 0 heterocycles. The van der Waals surface area contributed by atoms with Crippen LogP contribution in [0.5, 0.6) is 0 Å². The standard InChI is InChI=1S/C6H12Br2O2.ClH/c1-4(7)2-3-5(8)6(9)10;/h4-6,9-10H,2-3H2,1H3;1H. The SMILES string of the molecule is CC(Br)CCC(Br)C(O)O.Cl. The van der Waals surface area contributed by atoms with Crippen LogP contribution in [0.15, 0.2) is 0 Å². The van der Waals surface area contributed by atoms with Crippen molar-refractivity contribution in [3.8, 4) is 0 Å². The number of rotatable bonds is 4. The van der Waals surface area contributed by atoms with E-state index >= 15 is 0 Å². The highest BCUT2D eigenvalue weighted by atomic mass is 79.9. The summed E-state index contributed by atoms with van der Waals surface area (Å²) in [5, 5.41) is 17.3. The Balaban J connectivity index is 0. The summed E-state index contributed by atoms with van der Waals surface area (Å²) in [6, 6.07) is 0. The first-order valence-electron chi connectivity index (χ1n) is 3.18. The van der Waals surface area contributed by atoms with Crippen molar-refractivity contribution in [1.82, 2.24) is 0 Å². The molecular weight excluding hydrogens is 299 g/mol. The maximum atomic E-state index is 8.63. The van der Waals surface area contributed by atoms with E-state index in [2.05, 4.69) is 31.9 Å². The van der Waals surface area contributed by atoms with Gasteiger partial charge in [0.15, 0.2) is 6.29 Å². The highest BCUT2D eigenvalue weighted by molar-refractivity contribution is 9.09. The molecule has 5 heteroatoms. The van der Waals surface area contributed by atoms with Crippen LogP contribution in [0.1, 0.15) is 19.8 Å². The normalized spacial score (nSPS) is 15.8. The zero-order chi connectivity index (χ0) is 8.15. The van der Waals surface area contributed by atoms with E-state index in [1.165, 1.54) is 0 Å². The first-order valence-corrected chi connectivity index (χ1v) is 5.01. The highest BCUT2D eigenvalue weighted by Crippen LogP contribution is 2.15. The Morgan fingerprint density at radius 3 is 1.91 bits per heavy atom. The van der Waals surface area contributed by atoms with Gasteiger partial charge in [0.2, 0.25) is 0 Å². The number of aliphatic hydroxyl groups excluding tert-OH is 1. The molecule has 0 aliphatic rings. The summed E-state index contributed by atoms with van der Waals surface area (Å²) in [4.78, 5) is 0.235. The van der Waals surface area contributed by atoms with Crippen LogP contribution in [0.4, 0.5) is 0 Å². The third-order valence-electron chi connectivity index (χ3n) is 1.16. The van der Waals surface area contributed by atoms with Crippen molar-refractivity contribution in [2.75, 3.05) is 0 Å². The molecule has 0 aliphatic heterocycles. The molecule has 0 aromatic heterocycles. The molecule has 70 valence electrons. The lowest BCUT2D eigenvalue weighted by atomic mass is 10.2. The minimum Gasteiger partial charge on any atom is -0.367 e. The Kier molecular flexibility index (Phi) is 10.4. The van der Waals surface area contributed by atoms with Gasteiger partial charge in [0.1, 0.15) is 0 Å². The number of hydrogen-bond acceptors (Lipinski definition) is 2. The molecule has 2 N–H and O–H groups in total. The molecule has 0 fully saturated rings. The van der Waals surface area contributed by atoms with Gasteiger partial charge in [-0.25, -0.2) is 0 Å². The van der Waals surface area contributed by atoms with Gasteiger partial charge in [-0.05, 0) is 12.8 Å². The molecule has 0 aliphatic carbocycles. The fraction of sp³-hybridized carbons (Fsp3) is 1.00. The van der Waals surface area contributed by atoms with E-state index < -0.39 is 6.29 Å². The Labute approximate surface area is 90.0 Å². The summed E-state index contributed by atoms with van der Waals surface area (Å²) >= 11 is 6.52. The van der Waals surface area contributed by atoms with E-state index in [1.807, 2.05) is 6.92 Å². The van der Waals surface area contributed by atoms with Crippen LogP contribution in [-0.4, -0.2) is 26.2 Å². The zero-order valence-electron chi connectivity index (χ0n) is 6.20. The molecule has 0 rings (SSSR count). The zero-order valence-corrected chi connectivity index (χ0v) is 10.2. The van der Waals surface area contributed by atoms with Gasteiger partial charge in [-0.15, -0.1) is 12.4 Å². The topological polar surface area (TPSA) is 40.5 Å². The number of hydrogen-bond donors (Lipinski definition) is 2. The Morgan fingerprint density at radius 2 is 1.64 bits per heavy atom. The molecule has 2 unspecified atom stereocenters. The van der Waals surface area contributed by atoms with Crippen LogP contribution in [0.25, 0.3) is 0 Å². The van der Waals surface area contributed by atoms with Gasteiger partial charge in [0.05, 0.1) is 4.83 Å². The van der Waals surface area contributed by atoms with Crippen molar-refractivity contribution in [2.45, 2.75) is 35.7 Å². The van der Waals surface area contributed by atoms with Gasteiger partial charge in [-0.1, -0.05) is 38.8 Å². The van der Waals surface area contributed by atoms with Gasteiger partial charge in [-0.2, -0.15) is 0 Å². The van der Waals surface area contributed by atoms with E-state index in [4.69, 9.17) is 10.2 Å². The fourth-order valence-corrected chi connectivity index (χ4v) is 1.07. The lowest BCUT2D eigenvalue weighted by Crippen LogP contribution is -2.19. The average molecular weight is 312 g/mol. The molecule has 0 radical (unpaired) electrons. The van der Waals surface area contributed by atoms with Crippen LogP contribution in [0.2, 0.25) is 0 Å². The van der Waals surface area contributed by atoms with Crippen LogP contribution in [0.3, 0.4) is 0 Å². The van der Waals surface area contributed by atoms with Crippen LogP contribution >= 0.6 is 44.3 Å². The summed E-state index contributed by atoms with van der Waals surface area (Å²) in [5.74, 6) is 0. The van der Waals surface area contributed by atoms with Crippen molar-refractivity contribution in [1.29, 1.82) is 0 Å². The van der Waals surface area contributed by atoms with E-state index in [9.17, 15) is 0 Å². The lowest BCUT2D eigenvalue weighted by molar-refractivity contribution is -0.0399. The van der Waals surface area contributed by atoms with Gasteiger partial charge in [0.25, 0.3) is 0 Å². The predicted octanol–water partition coefficient (Wildman–Crippen LogP) is 2.05. The molecule has 0 saturated carbocycles. The highest BCUT2D eigenvalue weighted by Gasteiger charge is 2.12. The molecule has 0 aromatic carbocycles. The van der Waals surface area contributed by atoms with E-state index in [0.717, 1.165) is 12.8 Å². The second-order valence-electron chi connectivity index (χ2n) is 2.29. The molecule has 0 amide bonds. The number of aliphatic hydroxyl groups is 2. The molecule has 11 heavy (non-hydrogen) atoms. The van der Waals surface area contributed by atoms with E-state index in [-0.39, 0.29) is 17.2 Å². The van der Waals surface area contributed by atoms with Crippen LogP contribution < -0.4 is 0 Å². The quantitative estimate of drug-likeness (QED) is 0.616. The van der Waals surface area contributed by atoms with Crippen molar-refractivity contribution < 1.29 is 10.2 Å². The molecular formula is C6H13Br2ClO2. The lowest BCUT2D eigenvalue weighted by Gasteiger charge is -2.11. The van der Waals surface area contributed by atoms with Gasteiger partial charge >= 0.3 is 0 Å². The molecule has 2 atom stereocenters. The van der Waals surface area contributed by atoms with Crippen molar-refractivity contribution in [3.63, 3.8) is 0 Å². The second kappa shape index (κ2) is 7.80. The van der Waals surface area contributed by atoms with Crippen molar-refractivity contribution >= 4 is 44.3 Å². The van der Waals surface area contributed by atoms with Crippen molar-refractivity contribution in [3.05, 3.63) is 0 Å². The largest absolute Gasteiger partial charge is 0.367 e. The smallest absolute Gasteiger partial charge is 0.164 e. The monoisotopic (exact) mass is 310 g/mol. The van der Waals surface area contributed by atoms with Crippen molar-refractivity contribution in [2.24, 2.45) is 0 Å². The summed E-state index contributed by atoms with van der Waals surface area (Å²) in [6.45, 7) is 2.03. The first-order chi connectivity index (χ1) is 4.54. The third-order valence-corrected chi connectivity index (χ3v) is 2.55. The third kappa shape index (κ3) is 9.08. The minimum atomic E-state index is -1.24. The number of alkyl halides is 2. The van der Waals surface area contributed by atoms with E-state index in [0.29, 0.717) is 4.83 Å². The molecule has 0 spiro atoms. The van der Waals surface area contributed by atoms with Crippen LogP contribution in [0, 0.1) is 0 Å². The van der Waals surface area contributed by atoms with Crippen LogP contribution in [-0.2, 0) is 0 Å². The molecule has 2 nitrogen and oxygen atoms in total. The Bertz CT molecular complexity index is 90.7.